The summed E-state index contributed by atoms with van der Waals surface area (Å²) in [4.78, 5) is 15.9. The molecular formula is C31H41N3O5S. The van der Waals surface area contributed by atoms with E-state index < -0.39 is 15.9 Å². The number of carbonyl (C=O) groups excluding carboxylic acids is 1. The SMILES string of the molecule is CCS(=O)(=O)N1CCC(c2c[nH]c3c(C(N)=O)cc(-c4cc(CC5CCCCC5)c(OC)c(OC)c4)cc23)CC1. The third kappa shape index (κ3) is 5.59. The van der Waals surface area contributed by atoms with E-state index in [0.29, 0.717) is 30.3 Å². The molecule has 216 valence electrons. The van der Waals surface area contributed by atoms with Crippen LogP contribution in [-0.4, -0.2) is 56.7 Å². The number of ether oxygens (including phenoxy) is 2. The molecule has 9 heteroatoms. The number of benzene rings is 2. The monoisotopic (exact) mass is 567 g/mol. The first-order valence-corrected chi connectivity index (χ1v) is 16.0. The number of aromatic nitrogens is 1. The Bertz CT molecular complexity index is 1480. The average Bonchev–Trinajstić information content (AvgIpc) is 3.40. The predicted octanol–water partition coefficient (Wildman–Crippen LogP) is 5.60. The van der Waals surface area contributed by atoms with Crippen LogP contribution in [0.15, 0.2) is 30.5 Å². The maximum atomic E-state index is 12.6. The molecule has 1 aliphatic carbocycles. The number of aromatic amines is 1. The zero-order chi connectivity index (χ0) is 28.4. The Morgan fingerprint density at radius 1 is 1.00 bits per heavy atom. The van der Waals surface area contributed by atoms with Gasteiger partial charge >= 0.3 is 0 Å². The third-order valence-electron chi connectivity index (χ3n) is 8.86. The van der Waals surface area contributed by atoms with E-state index in [-0.39, 0.29) is 11.7 Å². The van der Waals surface area contributed by atoms with Gasteiger partial charge in [-0.25, -0.2) is 12.7 Å². The Balaban J connectivity index is 1.55. The summed E-state index contributed by atoms with van der Waals surface area (Å²) in [5, 5.41) is 0.951. The molecule has 0 atom stereocenters. The van der Waals surface area contributed by atoms with Crippen LogP contribution < -0.4 is 15.2 Å². The van der Waals surface area contributed by atoms with Gasteiger partial charge < -0.3 is 20.2 Å². The maximum Gasteiger partial charge on any atom is 0.250 e. The molecule has 2 aliphatic rings. The highest BCUT2D eigenvalue weighted by Gasteiger charge is 2.29. The van der Waals surface area contributed by atoms with Crippen molar-refractivity contribution in [3.05, 3.63) is 47.2 Å². The van der Waals surface area contributed by atoms with Crippen LogP contribution in [0.5, 0.6) is 11.5 Å². The number of nitrogens with zero attached hydrogens (tertiary/aromatic N) is 1. The van der Waals surface area contributed by atoms with Crippen molar-refractivity contribution in [2.24, 2.45) is 11.7 Å². The first kappa shape index (κ1) is 28.5. The fourth-order valence-electron chi connectivity index (χ4n) is 6.64. The van der Waals surface area contributed by atoms with Gasteiger partial charge in [-0.15, -0.1) is 0 Å². The first-order valence-electron chi connectivity index (χ1n) is 14.4. The Kier molecular flexibility index (Phi) is 8.42. The Hall–Kier alpha value is -3.04. The number of hydrogen-bond acceptors (Lipinski definition) is 5. The molecule has 1 saturated heterocycles. The van der Waals surface area contributed by atoms with E-state index in [9.17, 15) is 13.2 Å². The Labute approximate surface area is 237 Å². The highest BCUT2D eigenvalue weighted by Crippen LogP contribution is 2.42. The van der Waals surface area contributed by atoms with E-state index in [1.54, 1.807) is 25.4 Å². The van der Waals surface area contributed by atoms with Gasteiger partial charge in [0.15, 0.2) is 11.5 Å². The lowest BCUT2D eigenvalue weighted by Gasteiger charge is -2.31. The number of hydrogen-bond donors (Lipinski definition) is 2. The number of piperidine rings is 1. The van der Waals surface area contributed by atoms with Gasteiger partial charge in [0.1, 0.15) is 0 Å². The van der Waals surface area contributed by atoms with E-state index >= 15 is 0 Å². The average molecular weight is 568 g/mol. The number of H-pyrrole nitrogens is 1. The minimum Gasteiger partial charge on any atom is -0.493 e. The van der Waals surface area contributed by atoms with Gasteiger partial charge in [0, 0.05) is 24.7 Å². The number of carbonyl (C=O) groups is 1. The molecule has 2 heterocycles. The molecule has 0 spiro atoms. The summed E-state index contributed by atoms with van der Waals surface area (Å²) in [5.41, 5.74) is 11.1. The van der Waals surface area contributed by atoms with E-state index in [1.165, 1.54) is 32.1 Å². The van der Waals surface area contributed by atoms with Crippen LogP contribution in [0.2, 0.25) is 0 Å². The lowest BCUT2D eigenvalue weighted by molar-refractivity contribution is 0.100. The number of nitrogens with two attached hydrogens (primary N) is 1. The van der Waals surface area contributed by atoms with Crippen molar-refractivity contribution in [3.63, 3.8) is 0 Å². The smallest absolute Gasteiger partial charge is 0.250 e. The van der Waals surface area contributed by atoms with Crippen molar-refractivity contribution in [2.45, 2.75) is 64.2 Å². The molecule has 0 bridgehead atoms. The zero-order valence-electron chi connectivity index (χ0n) is 23.8. The lowest BCUT2D eigenvalue weighted by atomic mass is 9.84. The van der Waals surface area contributed by atoms with Gasteiger partial charge in [-0.2, -0.15) is 0 Å². The highest BCUT2D eigenvalue weighted by atomic mass is 32.2. The molecule has 5 rings (SSSR count). The summed E-state index contributed by atoms with van der Waals surface area (Å²) in [6, 6.07) is 8.11. The largest absolute Gasteiger partial charge is 0.493 e. The fourth-order valence-corrected chi connectivity index (χ4v) is 7.78. The van der Waals surface area contributed by atoms with Crippen LogP contribution in [0.3, 0.4) is 0 Å². The normalized spacial score (nSPS) is 17.8. The van der Waals surface area contributed by atoms with Crippen LogP contribution in [-0.2, 0) is 16.4 Å². The summed E-state index contributed by atoms with van der Waals surface area (Å²) >= 11 is 0. The van der Waals surface area contributed by atoms with E-state index in [1.807, 2.05) is 18.3 Å². The minimum atomic E-state index is -3.20. The number of amides is 1. The topological polar surface area (TPSA) is 115 Å². The number of nitrogens with one attached hydrogen (secondary N) is 1. The third-order valence-corrected chi connectivity index (χ3v) is 10.7. The second-order valence-electron chi connectivity index (χ2n) is 11.2. The number of primary amides is 1. The molecule has 3 aromatic rings. The van der Waals surface area contributed by atoms with E-state index in [4.69, 9.17) is 15.2 Å². The summed E-state index contributed by atoms with van der Waals surface area (Å²) in [6.07, 6.45) is 10.6. The minimum absolute atomic E-state index is 0.115. The Morgan fingerprint density at radius 2 is 1.70 bits per heavy atom. The molecule has 1 amide bonds. The molecule has 3 N–H and O–H groups in total. The molecule has 0 unspecified atom stereocenters. The maximum absolute atomic E-state index is 12.6. The summed E-state index contributed by atoms with van der Waals surface area (Å²) in [5.74, 6) is 1.86. The molecule has 2 fully saturated rings. The molecule has 1 saturated carbocycles. The van der Waals surface area contributed by atoms with Gasteiger partial charge in [0.25, 0.3) is 5.91 Å². The van der Waals surface area contributed by atoms with Gasteiger partial charge in [-0.05, 0) is 84.5 Å². The van der Waals surface area contributed by atoms with Crippen molar-refractivity contribution in [3.8, 4) is 22.6 Å². The molecule has 40 heavy (non-hydrogen) atoms. The van der Waals surface area contributed by atoms with Gasteiger partial charge in [0.2, 0.25) is 10.0 Å². The fraction of sp³-hybridized carbons (Fsp3) is 0.516. The standard InChI is InChI=1S/C31H41N3O5S/c1-4-40(36,37)34-12-10-21(11-13-34)27-19-33-29-25(27)16-23(17-26(29)31(32)35)22-15-24(14-20-8-6-5-7-9-20)30(39-3)28(18-22)38-2/h15-21,33H,4-14H2,1-3H3,(H2,32,35). The summed E-state index contributed by atoms with van der Waals surface area (Å²) in [6.45, 7) is 2.68. The van der Waals surface area contributed by atoms with Gasteiger partial charge in [-0.3, -0.25) is 4.79 Å². The van der Waals surface area contributed by atoms with Crippen LogP contribution in [0.1, 0.15) is 79.3 Å². The van der Waals surface area contributed by atoms with Gasteiger partial charge in [0.05, 0.1) is 31.1 Å². The number of methoxy groups -OCH3 is 2. The predicted molar refractivity (Wildman–Crippen MR) is 159 cm³/mol. The summed E-state index contributed by atoms with van der Waals surface area (Å²) < 4.78 is 37.9. The zero-order valence-corrected chi connectivity index (χ0v) is 24.6. The van der Waals surface area contributed by atoms with Crippen LogP contribution >= 0.6 is 0 Å². The second-order valence-corrected chi connectivity index (χ2v) is 13.5. The van der Waals surface area contributed by atoms with Crippen molar-refractivity contribution < 1.29 is 22.7 Å². The van der Waals surface area contributed by atoms with E-state index in [0.717, 1.165) is 58.2 Å². The van der Waals surface area contributed by atoms with Crippen molar-refractivity contribution >= 4 is 26.8 Å². The highest BCUT2D eigenvalue weighted by molar-refractivity contribution is 7.89. The second kappa shape index (κ2) is 11.8. The number of fused-ring (bicyclic) bond motifs is 1. The Morgan fingerprint density at radius 3 is 2.33 bits per heavy atom. The molecule has 1 aromatic heterocycles. The first-order chi connectivity index (χ1) is 19.2. The van der Waals surface area contributed by atoms with Crippen molar-refractivity contribution in [2.75, 3.05) is 33.1 Å². The molecule has 8 nitrogen and oxygen atoms in total. The lowest BCUT2D eigenvalue weighted by Crippen LogP contribution is -2.38. The quantitative estimate of drug-likeness (QED) is 0.349. The van der Waals surface area contributed by atoms with Crippen molar-refractivity contribution in [1.82, 2.24) is 9.29 Å². The van der Waals surface area contributed by atoms with Crippen LogP contribution in [0.25, 0.3) is 22.0 Å². The van der Waals surface area contributed by atoms with Crippen molar-refractivity contribution in [1.29, 1.82) is 0 Å². The number of sulfonamides is 1. The molecule has 1 aliphatic heterocycles. The van der Waals surface area contributed by atoms with Crippen LogP contribution in [0, 0.1) is 5.92 Å². The van der Waals surface area contributed by atoms with Crippen LogP contribution in [0.4, 0.5) is 0 Å². The summed E-state index contributed by atoms with van der Waals surface area (Å²) in [7, 11) is 0.133. The number of rotatable bonds is 9. The van der Waals surface area contributed by atoms with E-state index in [2.05, 4.69) is 17.1 Å². The molecule has 0 radical (unpaired) electrons. The molecular weight excluding hydrogens is 526 g/mol. The van der Waals surface area contributed by atoms with Gasteiger partial charge in [-0.1, -0.05) is 32.1 Å². The molecule has 2 aromatic carbocycles.